The van der Waals surface area contributed by atoms with E-state index < -0.39 is 0 Å². The van der Waals surface area contributed by atoms with Crippen molar-refractivity contribution in [2.24, 2.45) is 0 Å². The molecule has 0 aliphatic heterocycles. The summed E-state index contributed by atoms with van der Waals surface area (Å²) in [6, 6.07) is 64.1. The van der Waals surface area contributed by atoms with Crippen LogP contribution >= 0.6 is 0 Å². The second-order valence-corrected chi connectivity index (χ2v) is 13.7. The first kappa shape index (κ1) is 30.9. The molecule has 0 saturated carbocycles. The van der Waals surface area contributed by atoms with E-state index >= 15 is 0 Å². The fourth-order valence-corrected chi connectivity index (χ4v) is 8.20. The monoisotopic (exact) mass is 656 g/mol. The van der Waals surface area contributed by atoms with Crippen molar-refractivity contribution >= 4 is 34.1 Å². The molecule has 246 valence electrons. The molecule has 0 bridgehead atoms. The van der Waals surface area contributed by atoms with Gasteiger partial charge in [-0.05, 0) is 119 Å². The fraction of sp³-hybridized carbons (Fsp3) is 0.102. The van der Waals surface area contributed by atoms with E-state index in [0.29, 0.717) is 0 Å². The molecule has 7 aromatic carbocycles. The maximum absolute atomic E-state index is 2.54. The van der Waals surface area contributed by atoms with Crippen molar-refractivity contribution < 1.29 is 0 Å². The third-order valence-electron chi connectivity index (χ3n) is 10.6. The van der Waals surface area contributed by atoms with Crippen LogP contribution in [0.1, 0.15) is 52.6 Å². The highest BCUT2D eigenvalue weighted by molar-refractivity contribution is 5.90. The molecule has 2 heteroatoms. The molecule has 2 aliphatic carbocycles. The maximum atomic E-state index is 2.54. The zero-order valence-corrected chi connectivity index (χ0v) is 28.9. The standard InChI is InChI=1S/C49H40N2/c1-35-44-26-14-15-27-46(44)49(51(41-22-10-4-11-23-41)42-24-12-5-13-25-42)28-16-17-36-33-48-38(34-47(35)36)31-37-32-43(29-30-45(37)48)50(39-18-6-2-7-19-39)40-20-8-3-9-21-40/h2-15,18-30,32-35H,16-17,31H2,1H3/b49-28+. The molecule has 51 heavy (non-hydrogen) atoms. The Hall–Kier alpha value is -6.12. The van der Waals surface area contributed by atoms with Gasteiger partial charge in [-0.3, -0.25) is 0 Å². The lowest BCUT2D eigenvalue weighted by Gasteiger charge is -2.30. The number of allylic oxidation sites excluding steroid dienone is 1. The summed E-state index contributed by atoms with van der Waals surface area (Å²) in [7, 11) is 0. The quantitative estimate of drug-likeness (QED) is 0.176. The van der Waals surface area contributed by atoms with Crippen LogP contribution in [0.25, 0.3) is 16.8 Å². The van der Waals surface area contributed by atoms with Crippen LogP contribution < -0.4 is 9.80 Å². The van der Waals surface area contributed by atoms with Gasteiger partial charge in [0.25, 0.3) is 0 Å². The Bertz CT molecular complexity index is 2270. The van der Waals surface area contributed by atoms with E-state index in [0.717, 1.165) is 30.6 Å². The lowest BCUT2D eigenvalue weighted by Crippen LogP contribution is -2.17. The minimum absolute atomic E-state index is 0.238. The number of fused-ring (bicyclic) bond motifs is 5. The minimum Gasteiger partial charge on any atom is -0.310 e. The molecule has 0 aromatic heterocycles. The van der Waals surface area contributed by atoms with Gasteiger partial charge in [-0.2, -0.15) is 0 Å². The van der Waals surface area contributed by atoms with E-state index in [1.54, 1.807) is 0 Å². The molecule has 0 fully saturated rings. The highest BCUT2D eigenvalue weighted by Gasteiger charge is 2.27. The number of anilines is 5. The van der Waals surface area contributed by atoms with Crippen molar-refractivity contribution in [3.05, 3.63) is 215 Å². The van der Waals surface area contributed by atoms with Crippen LogP contribution in [0.2, 0.25) is 0 Å². The SMILES string of the molecule is CC1c2cc3c(cc2CC/C=C(/N(c2ccccc2)c2ccccc2)c2ccccc21)-c1ccc(N(c2ccccc2)c2ccccc2)cc1C3. The van der Waals surface area contributed by atoms with E-state index in [2.05, 4.69) is 199 Å². The molecule has 2 nitrogen and oxygen atoms in total. The van der Waals surface area contributed by atoms with Crippen molar-refractivity contribution in [2.75, 3.05) is 9.80 Å². The van der Waals surface area contributed by atoms with Crippen molar-refractivity contribution in [2.45, 2.75) is 32.1 Å². The molecule has 0 saturated heterocycles. The average molecular weight is 657 g/mol. The summed E-state index contributed by atoms with van der Waals surface area (Å²) < 4.78 is 0. The van der Waals surface area contributed by atoms with Gasteiger partial charge in [0.1, 0.15) is 0 Å². The van der Waals surface area contributed by atoms with E-state index in [4.69, 9.17) is 0 Å². The van der Waals surface area contributed by atoms with Crippen LogP contribution in [0, 0.1) is 0 Å². The number of aryl methyl sites for hydroxylation is 1. The highest BCUT2D eigenvalue weighted by Crippen LogP contribution is 2.46. The first-order valence-electron chi connectivity index (χ1n) is 18.1. The summed E-state index contributed by atoms with van der Waals surface area (Å²) in [4.78, 5) is 4.80. The largest absolute Gasteiger partial charge is 0.310 e. The predicted octanol–water partition coefficient (Wildman–Crippen LogP) is 13.0. The zero-order valence-electron chi connectivity index (χ0n) is 28.9. The van der Waals surface area contributed by atoms with Gasteiger partial charge in [0.15, 0.2) is 0 Å². The van der Waals surface area contributed by atoms with Gasteiger partial charge in [0.2, 0.25) is 0 Å². The third-order valence-corrected chi connectivity index (χ3v) is 10.6. The van der Waals surface area contributed by atoms with Crippen LogP contribution in [0.4, 0.5) is 28.4 Å². The Morgan fingerprint density at radius 3 is 1.55 bits per heavy atom. The van der Waals surface area contributed by atoms with Gasteiger partial charge in [-0.1, -0.05) is 128 Å². The van der Waals surface area contributed by atoms with Crippen molar-refractivity contribution in [1.29, 1.82) is 0 Å². The third kappa shape index (κ3) is 5.73. The van der Waals surface area contributed by atoms with Gasteiger partial charge in [0, 0.05) is 45.6 Å². The molecule has 2 aliphatic rings. The molecule has 0 heterocycles. The molecule has 7 aromatic rings. The van der Waals surface area contributed by atoms with E-state index in [1.807, 2.05) is 0 Å². The van der Waals surface area contributed by atoms with Gasteiger partial charge in [0.05, 0.1) is 0 Å². The van der Waals surface area contributed by atoms with E-state index in [9.17, 15) is 0 Å². The molecular weight excluding hydrogens is 617 g/mol. The molecule has 9 rings (SSSR count). The number of hydrogen-bond donors (Lipinski definition) is 0. The summed E-state index contributed by atoms with van der Waals surface area (Å²) in [6.45, 7) is 2.40. The van der Waals surface area contributed by atoms with Crippen LogP contribution in [0.5, 0.6) is 0 Å². The van der Waals surface area contributed by atoms with E-state index in [1.165, 1.54) is 67.3 Å². The smallest absolute Gasteiger partial charge is 0.0497 e. The Balaban J connectivity index is 1.12. The van der Waals surface area contributed by atoms with Crippen LogP contribution in [0.15, 0.2) is 182 Å². The van der Waals surface area contributed by atoms with Crippen molar-refractivity contribution in [3.63, 3.8) is 0 Å². The summed E-state index contributed by atoms with van der Waals surface area (Å²) in [5.74, 6) is 0.238. The lowest BCUT2D eigenvalue weighted by molar-refractivity contribution is 0.877. The predicted molar refractivity (Wildman–Crippen MR) is 215 cm³/mol. The summed E-state index contributed by atoms with van der Waals surface area (Å²) in [6.07, 6.45) is 5.35. The Morgan fingerprint density at radius 2 is 0.941 bits per heavy atom. The van der Waals surface area contributed by atoms with Crippen LogP contribution in [-0.2, 0) is 12.8 Å². The van der Waals surface area contributed by atoms with Gasteiger partial charge in [-0.15, -0.1) is 0 Å². The molecule has 0 N–H and O–H groups in total. The topological polar surface area (TPSA) is 6.48 Å². The molecule has 1 atom stereocenters. The normalized spacial score (nSPS) is 15.5. The maximum Gasteiger partial charge on any atom is 0.0497 e. The summed E-state index contributed by atoms with van der Waals surface area (Å²) >= 11 is 0. The molecule has 0 amide bonds. The Morgan fingerprint density at radius 1 is 0.412 bits per heavy atom. The average Bonchev–Trinajstić information content (AvgIpc) is 3.57. The van der Waals surface area contributed by atoms with Crippen LogP contribution in [-0.4, -0.2) is 0 Å². The second-order valence-electron chi connectivity index (χ2n) is 13.7. The first-order chi connectivity index (χ1) is 25.2. The fourth-order valence-electron chi connectivity index (χ4n) is 8.20. The minimum atomic E-state index is 0.238. The number of benzene rings is 7. The van der Waals surface area contributed by atoms with E-state index in [-0.39, 0.29) is 5.92 Å². The highest BCUT2D eigenvalue weighted by atomic mass is 15.2. The van der Waals surface area contributed by atoms with Crippen molar-refractivity contribution in [1.82, 2.24) is 0 Å². The number of rotatable bonds is 6. The number of hydrogen-bond acceptors (Lipinski definition) is 2. The van der Waals surface area contributed by atoms with Crippen molar-refractivity contribution in [3.8, 4) is 11.1 Å². The summed E-state index contributed by atoms with van der Waals surface area (Å²) in [5, 5.41) is 0. The summed E-state index contributed by atoms with van der Waals surface area (Å²) in [5.41, 5.74) is 18.2. The van der Waals surface area contributed by atoms with Gasteiger partial charge < -0.3 is 9.80 Å². The van der Waals surface area contributed by atoms with Crippen LogP contribution in [0.3, 0.4) is 0 Å². The lowest BCUT2D eigenvalue weighted by atomic mass is 9.84. The Kier molecular flexibility index (Phi) is 8.06. The molecule has 1 unspecified atom stereocenters. The van der Waals surface area contributed by atoms with Gasteiger partial charge in [-0.25, -0.2) is 0 Å². The number of para-hydroxylation sites is 4. The first-order valence-corrected chi connectivity index (χ1v) is 18.1. The molecule has 0 spiro atoms. The molecular formula is C49H40N2. The zero-order chi connectivity index (χ0) is 34.1. The Labute approximate surface area is 301 Å². The molecule has 0 radical (unpaired) electrons. The number of nitrogens with zero attached hydrogens (tertiary/aromatic N) is 2. The van der Waals surface area contributed by atoms with Gasteiger partial charge >= 0.3 is 0 Å². The second kappa shape index (κ2) is 13.3.